The summed E-state index contributed by atoms with van der Waals surface area (Å²) in [5.41, 5.74) is 0. The average Bonchev–Trinajstić information content (AvgIpc) is 2.42. The van der Waals surface area contributed by atoms with E-state index in [9.17, 15) is 0 Å². The molecule has 0 N–H and O–H groups in total. The second kappa shape index (κ2) is 6.36. The molecule has 0 radical (unpaired) electrons. The summed E-state index contributed by atoms with van der Waals surface area (Å²) in [6.07, 6.45) is 5.77. The molecule has 0 spiro atoms. The van der Waals surface area contributed by atoms with E-state index in [2.05, 4.69) is 5.92 Å². The van der Waals surface area contributed by atoms with Crippen molar-refractivity contribution in [3.8, 4) is 29.6 Å². The standard InChI is InChI=1S/C16H14O2/c1-2-3-13-17-14-9-11-16(12-10-14)18-15-7-5-4-6-8-15/h1,4-12H,3,13H2. The Morgan fingerprint density at radius 1 is 0.833 bits per heavy atom. The zero-order valence-corrected chi connectivity index (χ0v) is 10.0. The fraction of sp³-hybridized carbons (Fsp3) is 0.125. The van der Waals surface area contributed by atoms with Crippen LogP contribution in [0.3, 0.4) is 0 Å². The molecule has 2 heteroatoms. The second-order valence-corrected chi connectivity index (χ2v) is 3.69. The van der Waals surface area contributed by atoms with Crippen molar-refractivity contribution in [2.45, 2.75) is 6.42 Å². The molecule has 0 atom stereocenters. The van der Waals surface area contributed by atoms with Gasteiger partial charge in [0.2, 0.25) is 0 Å². The molecule has 18 heavy (non-hydrogen) atoms. The van der Waals surface area contributed by atoms with Gasteiger partial charge in [-0.2, -0.15) is 0 Å². The average molecular weight is 238 g/mol. The third-order valence-electron chi connectivity index (χ3n) is 2.32. The fourth-order valence-electron chi connectivity index (χ4n) is 1.46. The maximum absolute atomic E-state index is 5.67. The first-order chi connectivity index (χ1) is 8.88. The van der Waals surface area contributed by atoms with Crippen LogP contribution in [0.2, 0.25) is 0 Å². The molecule has 0 bridgehead atoms. The lowest BCUT2D eigenvalue weighted by Crippen LogP contribution is -1.95. The van der Waals surface area contributed by atoms with Gasteiger partial charge in [-0.1, -0.05) is 18.2 Å². The van der Waals surface area contributed by atoms with Crippen LogP contribution in [-0.4, -0.2) is 6.61 Å². The van der Waals surface area contributed by atoms with Crippen molar-refractivity contribution in [1.82, 2.24) is 0 Å². The Kier molecular flexibility index (Phi) is 4.27. The smallest absolute Gasteiger partial charge is 0.127 e. The molecule has 0 heterocycles. The van der Waals surface area contributed by atoms with Crippen molar-refractivity contribution >= 4 is 0 Å². The van der Waals surface area contributed by atoms with E-state index in [4.69, 9.17) is 15.9 Å². The summed E-state index contributed by atoms with van der Waals surface area (Å²) < 4.78 is 11.1. The third kappa shape index (κ3) is 3.57. The molecule has 2 rings (SSSR count). The molecule has 0 saturated carbocycles. The summed E-state index contributed by atoms with van der Waals surface area (Å²) in [5.74, 6) is 4.93. The highest BCUT2D eigenvalue weighted by Gasteiger charge is 1.97. The maximum atomic E-state index is 5.67. The van der Waals surface area contributed by atoms with Crippen molar-refractivity contribution in [2.75, 3.05) is 6.61 Å². The quantitative estimate of drug-likeness (QED) is 0.581. The van der Waals surface area contributed by atoms with Crippen LogP contribution in [0.5, 0.6) is 17.2 Å². The Balaban J connectivity index is 1.94. The maximum Gasteiger partial charge on any atom is 0.127 e. The molecular formula is C16H14O2. The minimum absolute atomic E-state index is 0.537. The van der Waals surface area contributed by atoms with Gasteiger partial charge in [-0.05, 0) is 36.4 Å². The normalized spacial score (nSPS) is 9.50. The Bertz CT molecular complexity index is 509. The highest BCUT2D eigenvalue weighted by Crippen LogP contribution is 2.23. The Morgan fingerprint density at radius 3 is 2.11 bits per heavy atom. The number of hydrogen-bond acceptors (Lipinski definition) is 2. The number of benzene rings is 2. The van der Waals surface area contributed by atoms with E-state index < -0.39 is 0 Å². The summed E-state index contributed by atoms with van der Waals surface area (Å²) >= 11 is 0. The summed E-state index contributed by atoms with van der Waals surface area (Å²) in [4.78, 5) is 0. The molecule has 0 fully saturated rings. The van der Waals surface area contributed by atoms with Gasteiger partial charge >= 0.3 is 0 Å². The minimum atomic E-state index is 0.537. The first-order valence-electron chi connectivity index (χ1n) is 5.78. The molecule has 0 unspecified atom stereocenters. The third-order valence-corrected chi connectivity index (χ3v) is 2.32. The number of para-hydroxylation sites is 1. The topological polar surface area (TPSA) is 18.5 Å². The first kappa shape index (κ1) is 12.1. The Hall–Kier alpha value is -2.40. The van der Waals surface area contributed by atoms with Crippen LogP contribution in [0.4, 0.5) is 0 Å². The molecule has 0 aliphatic carbocycles. The molecule has 0 aliphatic heterocycles. The van der Waals surface area contributed by atoms with Gasteiger partial charge in [-0.25, -0.2) is 0 Å². The van der Waals surface area contributed by atoms with Crippen molar-refractivity contribution in [2.24, 2.45) is 0 Å². The summed E-state index contributed by atoms with van der Waals surface area (Å²) in [6, 6.07) is 17.1. The number of terminal acetylenes is 1. The largest absolute Gasteiger partial charge is 0.493 e. The molecule has 2 nitrogen and oxygen atoms in total. The lowest BCUT2D eigenvalue weighted by atomic mass is 10.3. The van der Waals surface area contributed by atoms with Gasteiger partial charge in [-0.15, -0.1) is 12.3 Å². The van der Waals surface area contributed by atoms with Crippen LogP contribution >= 0.6 is 0 Å². The Labute approximate surface area is 107 Å². The predicted molar refractivity (Wildman–Crippen MR) is 71.9 cm³/mol. The van der Waals surface area contributed by atoms with Gasteiger partial charge in [0, 0.05) is 6.42 Å². The van der Waals surface area contributed by atoms with Gasteiger partial charge in [0.05, 0.1) is 6.61 Å². The highest BCUT2D eigenvalue weighted by molar-refractivity contribution is 5.35. The van der Waals surface area contributed by atoms with Gasteiger partial charge < -0.3 is 9.47 Å². The van der Waals surface area contributed by atoms with Crippen LogP contribution in [0.15, 0.2) is 54.6 Å². The zero-order valence-electron chi connectivity index (χ0n) is 10.0. The number of hydrogen-bond donors (Lipinski definition) is 0. The summed E-state index contributed by atoms with van der Waals surface area (Å²) in [7, 11) is 0. The Morgan fingerprint density at radius 2 is 1.44 bits per heavy atom. The van der Waals surface area contributed by atoms with Crippen molar-refractivity contribution in [3.63, 3.8) is 0 Å². The zero-order chi connectivity index (χ0) is 12.6. The molecule has 0 aliphatic rings. The van der Waals surface area contributed by atoms with Gasteiger partial charge in [-0.3, -0.25) is 0 Å². The molecule has 2 aromatic carbocycles. The van der Waals surface area contributed by atoms with Gasteiger partial charge in [0.15, 0.2) is 0 Å². The first-order valence-corrected chi connectivity index (χ1v) is 5.78. The van der Waals surface area contributed by atoms with E-state index in [0.717, 1.165) is 17.2 Å². The fourth-order valence-corrected chi connectivity index (χ4v) is 1.46. The van der Waals surface area contributed by atoms with E-state index in [1.165, 1.54) is 0 Å². The highest BCUT2D eigenvalue weighted by atomic mass is 16.5. The van der Waals surface area contributed by atoms with Crippen LogP contribution in [0.1, 0.15) is 6.42 Å². The molecular weight excluding hydrogens is 224 g/mol. The second-order valence-electron chi connectivity index (χ2n) is 3.69. The van der Waals surface area contributed by atoms with Crippen LogP contribution in [-0.2, 0) is 0 Å². The van der Waals surface area contributed by atoms with Crippen molar-refractivity contribution in [1.29, 1.82) is 0 Å². The monoisotopic (exact) mass is 238 g/mol. The van der Waals surface area contributed by atoms with Crippen molar-refractivity contribution in [3.05, 3.63) is 54.6 Å². The van der Waals surface area contributed by atoms with Gasteiger partial charge in [0.25, 0.3) is 0 Å². The van der Waals surface area contributed by atoms with E-state index in [1.807, 2.05) is 54.6 Å². The minimum Gasteiger partial charge on any atom is -0.493 e. The van der Waals surface area contributed by atoms with E-state index in [1.54, 1.807) is 0 Å². The lowest BCUT2D eigenvalue weighted by molar-refractivity contribution is 0.326. The molecule has 0 saturated heterocycles. The number of rotatable bonds is 5. The van der Waals surface area contributed by atoms with Crippen molar-refractivity contribution < 1.29 is 9.47 Å². The van der Waals surface area contributed by atoms with E-state index >= 15 is 0 Å². The van der Waals surface area contributed by atoms with E-state index in [-0.39, 0.29) is 0 Å². The summed E-state index contributed by atoms with van der Waals surface area (Å²) in [5, 5.41) is 0. The molecule has 0 amide bonds. The molecule has 2 aromatic rings. The lowest BCUT2D eigenvalue weighted by Gasteiger charge is -2.07. The SMILES string of the molecule is C#CCCOc1ccc(Oc2ccccc2)cc1. The predicted octanol–water partition coefficient (Wildman–Crippen LogP) is 3.88. The number of ether oxygens (including phenoxy) is 2. The van der Waals surface area contributed by atoms with Crippen LogP contribution in [0.25, 0.3) is 0 Å². The molecule has 0 aromatic heterocycles. The van der Waals surface area contributed by atoms with Gasteiger partial charge in [0.1, 0.15) is 17.2 Å². The van der Waals surface area contributed by atoms with E-state index in [0.29, 0.717) is 13.0 Å². The van der Waals surface area contributed by atoms with Crippen LogP contribution in [0, 0.1) is 12.3 Å². The van der Waals surface area contributed by atoms with Crippen LogP contribution < -0.4 is 9.47 Å². The summed E-state index contributed by atoms with van der Waals surface area (Å²) in [6.45, 7) is 0.537. The molecule has 90 valence electrons.